The molecule has 1 amide bonds. The molecule has 0 atom stereocenters. The Balaban J connectivity index is 1.87. The number of nitrogens with zero attached hydrogens (tertiary/aromatic N) is 2. The van der Waals surface area contributed by atoms with Crippen LogP contribution in [0.25, 0.3) is 0 Å². The van der Waals surface area contributed by atoms with Crippen molar-refractivity contribution < 1.29 is 4.79 Å². The Morgan fingerprint density at radius 3 is 2.84 bits per heavy atom. The van der Waals surface area contributed by atoms with Crippen molar-refractivity contribution in [2.24, 2.45) is 0 Å². The molecule has 6 nitrogen and oxygen atoms in total. The fraction of sp³-hybridized carbons (Fsp3) is 0.615. The van der Waals surface area contributed by atoms with Gasteiger partial charge in [0, 0.05) is 24.3 Å². The summed E-state index contributed by atoms with van der Waals surface area (Å²) >= 11 is 0. The third-order valence-electron chi connectivity index (χ3n) is 2.76. The van der Waals surface area contributed by atoms with Crippen LogP contribution in [0.3, 0.4) is 0 Å². The summed E-state index contributed by atoms with van der Waals surface area (Å²) in [5.41, 5.74) is 0.874. The molecule has 2 rings (SSSR count). The van der Waals surface area contributed by atoms with E-state index in [0.29, 0.717) is 17.8 Å². The van der Waals surface area contributed by atoms with Gasteiger partial charge in [-0.05, 0) is 26.2 Å². The standard InChI is InChI=1S/C13H21N5O/c1-3-6-14-13-16-9(2)7-11(18-13)15-8-12(19)17-10-4-5-10/h7,10H,3-6,8H2,1-2H3,(H,17,19)(H2,14,15,16,18). The van der Waals surface area contributed by atoms with Crippen molar-refractivity contribution >= 4 is 17.7 Å². The lowest BCUT2D eigenvalue weighted by molar-refractivity contribution is -0.119. The highest BCUT2D eigenvalue weighted by molar-refractivity contribution is 5.81. The molecular formula is C13H21N5O. The van der Waals surface area contributed by atoms with E-state index in [4.69, 9.17) is 0 Å². The fourth-order valence-electron chi connectivity index (χ4n) is 1.65. The monoisotopic (exact) mass is 263 g/mol. The van der Waals surface area contributed by atoms with Gasteiger partial charge in [-0.1, -0.05) is 6.92 Å². The molecule has 1 fully saturated rings. The van der Waals surface area contributed by atoms with Crippen molar-refractivity contribution in [2.45, 2.75) is 39.2 Å². The van der Waals surface area contributed by atoms with Gasteiger partial charge >= 0.3 is 0 Å². The average Bonchev–Trinajstić information content (AvgIpc) is 3.17. The zero-order chi connectivity index (χ0) is 13.7. The van der Waals surface area contributed by atoms with Crippen molar-refractivity contribution in [2.75, 3.05) is 23.7 Å². The molecule has 1 aromatic rings. The lowest BCUT2D eigenvalue weighted by atomic mass is 10.4. The summed E-state index contributed by atoms with van der Waals surface area (Å²) in [5.74, 6) is 1.30. The van der Waals surface area contributed by atoms with Crippen LogP contribution in [0.4, 0.5) is 11.8 Å². The number of hydrogen-bond acceptors (Lipinski definition) is 5. The Hall–Kier alpha value is -1.85. The Kier molecular flexibility index (Phi) is 4.54. The number of anilines is 2. The lowest BCUT2D eigenvalue weighted by Gasteiger charge is -2.09. The highest BCUT2D eigenvalue weighted by Gasteiger charge is 2.22. The number of aromatic nitrogens is 2. The normalized spacial score (nSPS) is 14.0. The van der Waals surface area contributed by atoms with Crippen LogP contribution in [0.1, 0.15) is 31.9 Å². The predicted molar refractivity (Wildman–Crippen MR) is 75.2 cm³/mol. The van der Waals surface area contributed by atoms with Crippen molar-refractivity contribution in [3.8, 4) is 0 Å². The second kappa shape index (κ2) is 6.36. The second-order valence-electron chi connectivity index (χ2n) is 4.84. The van der Waals surface area contributed by atoms with E-state index in [0.717, 1.165) is 31.5 Å². The van der Waals surface area contributed by atoms with E-state index in [1.165, 1.54) is 0 Å². The van der Waals surface area contributed by atoms with Crippen LogP contribution in [-0.4, -0.2) is 35.0 Å². The quantitative estimate of drug-likeness (QED) is 0.691. The molecule has 0 spiro atoms. The Morgan fingerprint density at radius 1 is 1.37 bits per heavy atom. The van der Waals surface area contributed by atoms with Gasteiger partial charge in [0.25, 0.3) is 0 Å². The van der Waals surface area contributed by atoms with Crippen molar-refractivity contribution in [3.05, 3.63) is 11.8 Å². The Labute approximate surface area is 113 Å². The molecule has 1 heterocycles. The predicted octanol–water partition coefficient (Wildman–Crippen LogP) is 1.30. The number of aryl methyl sites for hydroxylation is 1. The first-order chi connectivity index (χ1) is 9.17. The number of amides is 1. The summed E-state index contributed by atoms with van der Waals surface area (Å²) in [4.78, 5) is 20.2. The van der Waals surface area contributed by atoms with E-state index in [2.05, 4.69) is 32.8 Å². The van der Waals surface area contributed by atoms with Crippen LogP contribution < -0.4 is 16.0 Å². The van der Waals surface area contributed by atoms with E-state index in [-0.39, 0.29) is 12.5 Å². The largest absolute Gasteiger partial charge is 0.361 e. The van der Waals surface area contributed by atoms with Crippen LogP contribution >= 0.6 is 0 Å². The summed E-state index contributed by atoms with van der Waals surface area (Å²) in [6.45, 7) is 5.09. The number of nitrogens with one attached hydrogen (secondary N) is 3. The molecule has 0 radical (unpaired) electrons. The molecule has 0 saturated heterocycles. The first-order valence-electron chi connectivity index (χ1n) is 6.80. The van der Waals surface area contributed by atoms with E-state index in [9.17, 15) is 4.79 Å². The van der Waals surface area contributed by atoms with Crippen molar-refractivity contribution in [3.63, 3.8) is 0 Å². The van der Waals surface area contributed by atoms with Gasteiger partial charge in [-0.3, -0.25) is 4.79 Å². The summed E-state index contributed by atoms with van der Waals surface area (Å²) in [6.07, 6.45) is 3.22. The maximum absolute atomic E-state index is 11.6. The third kappa shape index (κ3) is 4.73. The van der Waals surface area contributed by atoms with Gasteiger partial charge in [-0.15, -0.1) is 0 Å². The van der Waals surface area contributed by atoms with Crippen LogP contribution in [0.2, 0.25) is 0 Å². The third-order valence-corrected chi connectivity index (χ3v) is 2.76. The van der Waals surface area contributed by atoms with Crippen LogP contribution in [0.15, 0.2) is 6.07 Å². The number of rotatable bonds is 7. The van der Waals surface area contributed by atoms with Gasteiger partial charge in [-0.2, -0.15) is 4.98 Å². The minimum Gasteiger partial charge on any atom is -0.361 e. The first-order valence-corrected chi connectivity index (χ1v) is 6.80. The lowest BCUT2D eigenvalue weighted by Crippen LogP contribution is -2.31. The van der Waals surface area contributed by atoms with Gasteiger partial charge in [0.2, 0.25) is 11.9 Å². The number of carbonyl (C=O) groups is 1. The van der Waals surface area contributed by atoms with Crippen molar-refractivity contribution in [1.82, 2.24) is 15.3 Å². The number of carbonyl (C=O) groups excluding carboxylic acids is 1. The molecule has 104 valence electrons. The summed E-state index contributed by atoms with van der Waals surface area (Å²) < 4.78 is 0. The van der Waals surface area contributed by atoms with Crippen LogP contribution in [0.5, 0.6) is 0 Å². The topological polar surface area (TPSA) is 78.9 Å². The van der Waals surface area contributed by atoms with Crippen LogP contribution in [-0.2, 0) is 4.79 Å². The molecule has 0 bridgehead atoms. The highest BCUT2D eigenvalue weighted by Crippen LogP contribution is 2.18. The molecule has 1 aromatic heterocycles. The molecule has 1 aliphatic carbocycles. The minimum atomic E-state index is 0.0156. The van der Waals surface area contributed by atoms with Gasteiger partial charge in [0.15, 0.2) is 0 Å². The molecular weight excluding hydrogens is 242 g/mol. The average molecular weight is 263 g/mol. The summed E-state index contributed by atoms with van der Waals surface area (Å²) in [5, 5.41) is 9.10. The maximum atomic E-state index is 11.6. The molecule has 0 aromatic carbocycles. The molecule has 1 saturated carbocycles. The SMILES string of the molecule is CCCNc1nc(C)cc(NCC(=O)NC2CC2)n1. The van der Waals surface area contributed by atoms with E-state index in [1.54, 1.807) is 0 Å². The minimum absolute atomic E-state index is 0.0156. The first kappa shape index (κ1) is 13.6. The van der Waals surface area contributed by atoms with E-state index >= 15 is 0 Å². The zero-order valence-corrected chi connectivity index (χ0v) is 11.5. The Bertz CT molecular complexity index is 445. The molecule has 19 heavy (non-hydrogen) atoms. The molecule has 3 N–H and O–H groups in total. The molecule has 0 aliphatic heterocycles. The fourth-order valence-corrected chi connectivity index (χ4v) is 1.65. The molecule has 0 unspecified atom stereocenters. The van der Waals surface area contributed by atoms with E-state index < -0.39 is 0 Å². The maximum Gasteiger partial charge on any atom is 0.239 e. The summed E-state index contributed by atoms with van der Waals surface area (Å²) in [6, 6.07) is 2.23. The molecule has 6 heteroatoms. The van der Waals surface area contributed by atoms with Gasteiger partial charge in [0.1, 0.15) is 5.82 Å². The molecule has 1 aliphatic rings. The zero-order valence-electron chi connectivity index (χ0n) is 11.5. The van der Waals surface area contributed by atoms with E-state index in [1.807, 2.05) is 13.0 Å². The second-order valence-corrected chi connectivity index (χ2v) is 4.84. The van der Waals surface area contributed by atoms with Gasteiger partial charge in [-0.25, -0.2) is 4.98 Å². The highest BCUT2D eigenvalue weighted by atomic mass is 16.2. The van der Waals surface area contributed by atoms with Crippen LogP contribution in [0, 0.1) is 6.92 Å². The number of hydrogen-bond donors (Lipinski definition) is 3. The smallest absolute Gasteiger partial charge is 0.239 e. The van der Waals surface area contributed by atoms with Gasteiger partial charge < -0.3 is 16.0 Å². The Morgan fingerprint density at radius 2 is 2.16 bits per heavy atom. The summed E-state index contributed by atoms with van der Waals surface area (Å²) in [7, 11) is 0. The van der Waals surface area contributed by atoms with Crippen molar-refractivity contribution in [1.29, 1.82) is 0 Å². The van der Waals surface area contributed by atoms with Gasteiger partial charge in [0.05, 0.1) is 6.54 Å².